The van der Waals surface area contributed by atoms with E-state index in [0.717, 1.165) is 5.56 Å². The molecule has 3 rings (SSSR count). The van der Waals surface area contributed by atoms with Crippen molar-refractivity contribution in [2.45, 2.75) is 11.0 Å². The minimum absolute atomic E-state index is 0.297. The normalized spacial score (nSPS) is 10.8. The van der Waals surface area contributed by atoms with Gasteiger partial charge in [-0.15, -0.1) is 10.2 Å². The van der Waals surface area contributed by atoms with E-state index in [0.29, 0.717) is 27.5 Å². The van der Waals surface area contributed by atoms with E-state index < -0.39 is 0 Å². The molecule has 21 heavy (non-hydrogen) atoms. The number of halogens is 2. The average Bonchev–Trinajstić information content (AvgIpc) is 2.95. The van der Waals surface area contributed by atoms with Crippen LogP contribution in [0.2, 0.25) is 5.02 Å². The highest BCUT2D eigenvalue weighted by Gasteiger charge is 2.09. The molecule has 3 nitrogen and oxygen atoms in total. The van der Waals surface area contributed by atoms with Crippen LogP contribution >= 0.6 is 23.4 Å². The van der Waals surface area contributed by atoms with Gasteiger partial charge < -0.3 is 4.42 Å². The summed E-state index contributed by atoms with van der Waals surface area (Å²) in [7, 11) is 0. The van der Waals surface area contributed by atoms with Crippen molar-refractivity contribution in [3.05, 3.63) is 64.9 Å². The number of thioether (sulfide) groups is 1. The summed E-state index contributed by atoms with van der Waals surface area (Å²) in [5.41, 5.74) is 1.77. The zero-order chi connectivity index (χ0) is 14.7. The Labute approximate surface area is 130 Å². The Morgan fingerprint density at radius 2 is 1.90 bits per heavy atom. The highest BCUT2D eigenvalue weighted by atomic mass is 35.5. The Kier molecular flexibility index (Phi) is 4.22. The minimum atomic E-state index is -0.297. The Hall–Kier alpha value is -1.85. The number of rotatable bonds is 4. The van der Waals surface area contributed by atoms with E-state index >= 15 is 0 Å². The summed E-state index contributed by atoms with van der Waals surface area (Å²) in [6.45, 7) is 0. The summed E-state index contributed by atoms with van der Waals surface area (Å²) < 4.78 is 18.4. The van der Waals surface area contributed by atoms with Gasteiger partial charge in [0.2, 0.25) is 5.89 Å². The van der Waals surface area contributed by atoms with Gasteiger partial charge in [-0.05, 0) is 42.0 Å². The van der Waals surface area contributed by atoms with Gasteiger partial charge in [-0.2, -0.15) is 0 Å². The van der Waals surface area contributed by atoms with Crippen LogP contribution in [0.25, 0.3) is 11.5 Å². The molecule has 106 valence electrons. The van der Waals surface area contributed by atoms with Crippen molar-refractivity contribution >= 4 is 23.4 Å². The predicted molar refractivity (Wildman–Crippen MR) is 80.7 cm³/mol. The van der Waals surface area contributed by atoms with E-state index in [2.05, 4.69) is 10.2 Å². The first-order valence-electron chi connectivity index (χ1n) is 6.17. The zero-order valence-corrected chi connectivity index (χ0v) is 12.4. The van der Waals surface area contributed by atoms with E-state index in [1.54, 1.807) is 12.1 Å². The van der Waals surface area contributed by atoms with Crippen molar-refractivity contribution in [2.75, 3.05) is 0 Å². The summed E-state index contributed by atoms with van der Waals surface area (Å²) in [4.78, 5) is 0. The van der Waals surface area contributed by atoms with E-state index in [1.807, 2.05) is 24.3 Å². The second-order valence-electron chi connectivity index (χ2n) is 4.30. The summed E-state index contributed by atoms with van der Waals surface area (Å²) >= 11 is 7.36. The van der Waals surface area contributed by atoms with E-state index in [4.69, 9.17) is 16.0 Å². The summed E-state index contributed by atoms with van der Waals surface area (Å²) in [5.74, 6) is 0.767. The molecule has 6 heteroatoms. The minimum Gasteiger partial charge on any atom is -0.411 e. The summed E-state index contributed by atoms with van der Waals surface area (Å²) in [6, 6.07) is 13.5. The topological polar surface area (TPSA) is 38.9 Å². The first-order valence-corrected chi connectivity index (χ1v) is 7.54. The first-order chi connectivity index (χ1) is 10.2. The predicted octanol–water partition coefficient (Wildman–Crippen LogP) is 4.82. The standard InChI is InChI=1S/C15H10ClFN2OS/c16-12-3-1-2-10(8-12)9-21-15-19-18-14(20-15)11-4-6-13(17)7-5-11/h1-8H,9H2. The van der Waals surface area contributed by atoms with E-state index in [9.17, 15) is 4.39 Å². The van der Waals surface area contributed by atoms with Gasteiger partial charge in [0.1, 0.15) is 5.82 Å². The Morgan fingerprint density at radius 3 is 2.67 bits per heavy atom. The van der Waals surface area contributed by atoms with Crippen LogP contribution in [0.5, 0.6) is 0 Å². The van der Waals surface area contributed by atoms with Crippen LogP contribution in [0.15, 0.2) is 58.2 Å². The van der Waals surface area contributed by atoms with Gasteiger partial charge in [0.05, 0.1) is 0 Å². The van der Waals surface area contributed by atoms with Crippen molar-refractivity contribution in [1.29, 1.82) is 0 Å². The zero-order valence-electron chi connectivity index (χ0n) is 10.8. The second-order valence-corrected chi connectivity index (χ2v) is 5.66. The molecule has 2 aromatic carbocycles. The van der Waals surface area contributed by atoms with E-state index in [-0.39, 0.29) is 5.82 Å². The Bertz CT molecular complexity index is 745. The number of hydrogen-bond donors (Lipinski definition) is 0. The summed E-state index contributed by atoms with van der Waals surface area (Å²) in [6.07, 6.45) is 0. The Balaban J connectivity index is 1.69. The van der Waals surface area contributed by atoms with Gasteiger partial charge in [-0.3, -0.25) is 0 Å². The average molecular weight is 321 g/mol. The van der Waals surface area contributed by atoms with Gasteiger partial charge in [0.15, 0.2) is 0 Å². The van der Waals surface area contributed by atoms with Gasteiger partial charge in [0.25, 0.3) is 5.22 Å². The fourth-order valence-corrected chi connectivity index (χ4v) is 2.67. The first kappa shape index (κ1) is 14.1. The lowest BCUT2D eigenvalue weighted by atomic mass is 10.2. The number of hydrogen-bond acceptors (Lipinski definition) is 4. The summed E-state index contributed by atoms with van der Waals surface area (Å²) in [5, 5.41) is 9.10. The van der Waals surface area contributed by atoms with Crippen LogP contribution in [0.3, 0.4) is 0 Å². The molecule has 0 unspecified atom stereocenters. The maximum Gasteiger partial charge on any atom is 0.277 e. The smallest absolute Gasteiger partial charge is 0.277 e. The molecule has 1 aromatic heterocycles. The molecule has 3 aromatic rings. The fraction of sp³-hybridized carbons (Fsp3) is 0.0667. The van der Waals surface area contributed by atoms with Crippen molar-refractivity contribution in [2.24, 2.45) is 0 Å². The van der Waals surface area contributed by atoms with Crippen molar-refractivity contribution in [1.82, 2.24) is 10.2 Å². The third-order valence-corrected chi connectivity index (χ3v) is 3.87. The number of aromatic nitrogens is 2. The molecule has 1 heterocycles. The lowest BCUT2D eigenvalue weighted by Crippen LogP contribution is -1.80. The van der Waals surface area contributed by atoms with Gasteiger partial charge >= 0.3 is 0 Å². The van der Waals surface area contributed by atoms with Crippen molar-refractivity contribution in [3.63, 3.8) is 0 Å². The molecule has 0 saturated carbocycles. The molecule has 0 saturated heterocycles. The molecule has 0 bridgehead atoms. The number of benzene rings is 2. The molecule has 0 amide bonds. The molecule has 0 atom stereocenters. The SMILES string of the molecule is Fc1ccc(-c2nnc(SCc3cccc(Cl)c3)o2)cc1. The Morgan fingerprint density at radius 1 is 1.10 bits per heavy atom. The molecule has 0 aliphatic carbocycles. The van der Waals surface area contributed by atoms with Crippen LogP contribution in [0.4, 0.5) is 4.39 Å². The molecular formula is C15H10ClFN2OS. The monoisotopic (exact) mass is 320 g/mol. The maximum atomic E-state index is 12.9. The van der Waals surface area contributed by atoms with Crippen molar-refractivity contribution < 1.29 is 8.81 Å². The molecule has 0 spiro atoms. The lowest BCUT2D eigenvalue weighted by Gasteiger charge is -1.98. The van der Waals surface area contributed by atoms with Gasteiger partial charge in [-0.25, -0.2) is 4.39 Å². The number of nitrogens with zero attached hydrogens (tertiary/aromatic N) is 2. The molecule has 0 radical (unpaired) electrons. The van der Waals surface area contributed by atoms with Gasteiger partial charge in [0, 0.05) is 16.3 Å². The highest BCUT2D eigenvalue weighted by molar-refractivity contribution is 7.98. The van der Waals surface area contributed by atoms with Gasteiger partial charge in [-0.1, -0.05) is 35.5 Å². The van der Waals surface area contributed by atoms with Crippen molar-refractivity contribution in [3.8, 4) is 11.5 Å². The molecular weight excluding hydrogens is 311 g/mol. The van der Waals surface area contributed by atoms with Crippen LogP contribution < -0.4 is 0 Å². The second kappa shape index (κ2) is 6.28. The van der Waals surface area contributed by atoms with E-state index in [1.165, 1.54) is 23.9 Å². The van der Waals surface area contributed by atoms with Crippen LogP contribution in [0.1, 0.15) is 5.56 Å². The molecule has 0 fully saturated rings. The molecule has 0 aliphatic rings. The quantitative estimate of drug-likeness (QED) is 0.646. The van der Waals surface area contributed by atoms with Crippen LogP contribution in [-0.4, -0.2) is 10.2 Å². The van der Waals surface area contributed by atoms with Crippen LogP contribution in [-0.2, 0) is 5.75 Å². The largest absolute Gasteiger partial charge is 0.411 e. The molecule has 0 aliphatic heterocycles. The maximum absolute atomic E-state index is 12.9. The third-order valence-electron chi connectivity index (χ3n) is 2.75. The fourth-order valence-electron chi connectivity index (χ4n) is 1.75. The van der Waals surface area contributed by atoms with Crippen LogP contribution in [0, 0.1) is 5.82 Å². The molecule has 0 N–H and O–H groups in total. The third kappa shape index (κ3) is 3.62. The lowest BCUT2D eigenvalue weighted by molar-refractivity contribution is 0.465. The highest BCUT2D eigenvalue weighted by Crippen LogP contribution is 2.26.